The number of aliphatic hydroxyl groups excluding tert-OH is 1. The quantitative estimate of drug-likeness (QED) is 0.843. The standard InChI is InChI=1S/C15H17NO4/c1-11-7-8-14(20-11)13(17)9-16-15(18)10-19-12-5-3-2-4-6-12/h2-8,13,17H,9-10H2,1H3,(H,16,18). The zero-order valence-corrected chi connectivity index (χ0v) is 11.2. The van der Waals surface area contributed by atoms with E-state index in [2.05, 4.69) is 5.32 Å². The number of benzene rings is 1. The van der Waals surface area contributed by atoms with Crippen molar-refractivity contribution in [2.24, 2.45) is 0 Å². The molecule has 2 N–H and O–H groups in total. The molecule has 0 bridgehead atoms. The van der Waals surface area contributed by atoms with Crippen molar-refractivity contribution in [2.45, 2.75) is 13.0 Å². The fourth-order valence-corrected chi connectivity index (χ4v) is 1.66. The van der Waals surface area contributed by atoms with Crippen molar-refractivity contribution < 1.29 is 19.1 Å². The van der Waals surface area contributed by atoms with Gasteiger partial charge >= 0.3 is 0 Å². The van der Waals surface area contributed by atoms with Crippen LogP contribution in [-0.2, 0) is 4.79 Å². The first-order valence-corrected chi connectivity index (χ1v) is 6.34. The van der Waals surface area contributed by atoms with Crippen LogP contribution in [0, 0.1) is 6.92 Å². The summed E-state index contributed by atoms with van der Waals surface area (Å²) >= 11 is 0. The largest absolute Gasteiger partial charge is 0.484 e. The highest BCUT2D eigenvalue weighted by Crippen LogP contribution is 2.15. The van der Waals surface area contributed by atoms with E-state index in [9.17, 15) is 9.90 Å². The third-order valence-electron chi connectivity index (χ3n) is 2.70. The molecule has 106 valence electrons. The van der Waals surface area contributed by atoms with E-state index >= 15 is 0 Å². The van der Waals surface area contributed by atoms with E-state index in [-0.39, 0.29) is 19.1 Å². The minimum absolute atomic E-state index is 0.0872. The summed E-state index contributed by atoms with van der Waals surface area (Å²) in [7, 11) is 0. The number of amides is 1. The molecule has 0 saturated heterocycles. The molecule has 0 spiro atoms. The van der Waals surface area contributed by atoms with E-state index in [1.165, 1.54) is 0 Å². The van der Waals surface area contributed by atoms with Crippen LogP contribution in [-0.4, -0.2) is 24.2 Å². The number of hydrogen-bond acceptors (Lipinski definition) is 4. The number of nitrogens with one attached hydrogen (secondary N) is 1. The second-order valence-corrected chi connectivity index (χ2v) is 4.37. The summed E-state index contributed by atoms with van der Waals surface area (Å²) in [4.78, 5) is 11.6. The lowest BCUT2D eigenvalue weighted by Gasteiger charge is -2.10. The summed E-state index contributed by atoms with van der Waals surface area (Å²) in [6, 6.07) is 12.5. The van der Waals surface area contributed by atoms with E-state index in [1.54, 1.807) is 31.2 Å². The van der Waals surface area contributed by atoms with Crippen LogP contribution in [0.1, 0.15) is 17.6 Å². The molecule has 1 aromatic heterocycles. The second kappa shape index (κ2) is 6.77. The summed E-state index contributed by atoms with van der Waals surface area (Å²) in [5.74, 6) is 1.49. The highest BCUT2D eigenvalue weighted by molar-refractivity contribution is 5.77. The third kappa shape index (κ3) is 4.13. The van der Waals surface area contributed by atoms with Gasteiger partial charge in [-0.05, 0) is 31.2 Å². The predicted molar refractivity (Wildman–Crippen MR) is 73.4 cm³/mol. The molecule has 1 heterocycles. The summed E-state index contributed by atoms with van der Waals surface area (Å²) in [5.41, 5.74) is 0. The monoisotopic (exact) mass is 275 g/mol. The number of aryl methyl sites for hydroxylation is 1. The van der Waals surface area contributed by atoms with Gasteiger partial charge in [-0.1, -0.05) is 18.2 Å². The number of rotatable bonds is 6. The molecule has 0 aliphatic heterocycles. The molecule has 2 rings (SSSR count). The zero-order chi connectivity index (χ0) is 14.4. The maximum absolute atomic E-state index is 11.6. The Morgan fingerprint density at radius 2 is 2.05 bits per heavy atom. The molecular weight excluding hydrogens is 258 g/mol. The molecule has 1 unspecified atom stereocenters. The van der Waals surface area contributed by atoms with Crippen LogP contribution in [0.25, 0.3) is 0 Å². The van der Waals surface area contributed by atoms with Crippen molar-refractivity contribution in [3.8, 4) is 5.75 Å². The molecule has 1 aromatic carbocycles. The molecule has 0 saturated carbocycles. The first-order chi connectivity index (χ1) is 9.65. The molecular formula is C15H17NO4. The average Bonchev–Trinajstić information content (AvgIpc) is 2.90. The number of carbonyl (C=O) groups is 1. The van der Waals surface area contributed by atoms with Gasteiger partial charge in [-0.3, -0.25) is 4.79 Å². The molecule has 0 fully saturated rings. The number of furan rings is 1. The van der Waals surface area contributed by atoms with Gasteiger partial charge in [0.15, 0.2) is 6.61 Å². The van der Waals surface area contributed by atoms with Gasteiger partial charge in [0.05, 0.1) is 6.54 Å². The lowest BCUT2D eigenvalue weighted by Crippen LogP contribution is -2.32. The van der Waals surface area contributed by atoms with Gasteiger partial charge in [0.1, 0.15) is 23.4 Å². The predicted octanol–water partition coefficient (Wildman–Crippen LogP) is 1.82. The Labute approximate surface area is 117 Å². The Hall–Kier alpha value is -2.27. The lowest BCUT2D eigenvalue weighted by molar-refractivity contribution is -0.123. The normalized spacial score (nSPS) is 11.9. The van der Waals surface area contributed by atoms with Crippen LogP contribution in [0.15, 0.2) is 46.9 Å². The molecule has 20 heavy (non-hydrogen) atoms. The number of ether oxygens (including phenoxy) is 1. The van der Waals surface area contributed by atoms with Gasteiger partial charge in [-0.2, -0.15) is 0 Å². The highest BCUT2D eigenvalue weighted by atomic mass is 16.5. The number of hydrogen-bond donors (Lipinski definition) is 2. The lowest BCUT2D eigenvalue weighted by atomic mass is 10.3. The number of carbonyl (C=O) groups excluding carboxylic acids is 1. The fraction of sp³-hybridized carbons (Fsp3) is 0.267. The maximum Gasteiger partial charge on any atom is 0.258 e. The van der Waals surface area contributed by atoms with Crippen molar-refractivity contribution in [3.63, 3.8) is 0 Å². The van der Waals surface area contributed by atoms with E-state index in [4.69, 9.17) is 9.15 Å². The minimum Gasteiger partial charge on any atom is -0.484 e. The minimum atomic E-state index is -0.857. The van der Waals surface area contributed by atoms with E-state index < -0.39 is 6.10 Å². The Balaban J connectivity index is 1.72. The van der Waals surface area contributed by atoms with Gasteiger partial charge in [-0.25, -0.2) is 0 Å². The van der Waals surface area contributed by atoms with Crippen molar-refractivity contribution in [2.75, 3.05) is 13.2 Å². The van der Waals surface area contributed by atoms with Gasteiger partial charge in [0, 0.05) is 0 Å². The molecule has 5 heteroatoms. The SMILES string of the molecule is Cc1ccc(C(O)CNC(=O)COc2ccccc2)o1. The molecule has 5 nitrogen and oxygen atoms in total. The first kappa shape index (κ1) is 14.1. The topological polar surface area (TPSA) is 71.7 Å². The van der Waals surface area contributed by atoms with Crippen LogP contribution in [0.5, 0.6) is 5.75 Å². The van der Waals surface area contributed by atoms with E-state index in [0.717, 1.165) is 5.76 Å². The zero-order valence-electron chi connectivity index (χ0n) is 11.2. The molecule has 2 aromatic rings. The fourth-order valence-electron chi connectivity index (χ4n) is 1.66. The van der Waals surface area contributed by atoms with Crippen molar-refractivity contribution >= 4 is 5.91 Å². The van der Waals surface area contributed by atoms with Crippen LogP contribution in [0.3, 0.4) is 0 Å². The maximum atomic E-state index is 11.6. The van der Waals surface area contributed by atoms with Crippen molar-refractivity contribution in [1.82, 2.24) is 5.32 Å². The summed E-state index contributed by atoms with van der Waals surface area (Å²) < 4.78 is 10.6. The van der Waals surface area contributed by atoms with Crippen LogP contribution < -0.4 is 10.1 Å². The average molecular weight is 275 g/mol. The van der Waals surface area contributed by atoms with Gasteiger partial charge in [0.2, 0.25) is 0 Å². The highest BCUT2D eigenvalue weighted by Gasteiger charge is 2.13. The molecule has 1 atom stereocenters. The van der Waals surface area contributed by atoms with Crippen LogP contribution >= 0.6 is 0 Å². The van der Waals surface area contributed by atoms with Gasteiger partial charge in [-0.15, -0.1) is 0 Å². The third-order valence-corrected chi connectivity index (χ3v) is 2.70. The molecule has 0 aliphatic carbocycles. The number of para-hydroxylation sites is 1. The van der Waals surface area contributed by atoms with Crippen molar-refractivity contribution in [1.29, 1.82) is 0 Å². The second-order valence-electron chi connectivity index (χ2n) is 4.37. The Bertz CT molecular complexity index is 550. The summed E-state index contributed by atoms with van der Waals surface area (Å²) in [6.45, 7) is 1.79. The Morgan fingerprint density at radius 1 is 1.30 bits per heavy atom. The van der Waals surface area contributed by atoms with Gasteiger partial charge in [0.25, 0.3) is 5.91 Å². The van der Waals surface area contributed by atoms with Gasteiger partial charge < -0.3 is 19.6 Å². The summed E-state index contributed by atoms with van der Waals surface area (Å²) in [6.07, 6.45) is -0.857. The number of aliphatic hydroxyl groups is 1. The first-order valence-electron chi connectivity index (χ1n) is 6.34. The van der Waals surface area contributed by atoms with E-state index in [0.29, 0.717) is 11.5 Å². The van der Waals surface area contributed by atoms with Crippen molar-refractivity contribution in [3.05, 3.63) is 54.0 Å². The molecule has 0 radical (unpaired) electrons. The summed E-state index contributed by atoms with van der Waals surface area (Å²) in [5, 5.41) is 12.4. The molecule has 1 amide bonds. The smallest absolute Gasteiger partial charge is 0.258 e. The Kier molecular flexibility index (Phi) is 4.79. The molecule has 0 aliphatic rings. The Morgan fingerprint density at radius 3 is 2.70 bits per heavy atom. The van der Waals surface area contributed by atoms with E-state index in [1.807, 2.05) is 18.2 Å². The van der Waals surface area contributed by atoms with Crippen LogP contribution in [0.2, 0.25) is 0 Å². The van der Waals surface area contributed by atoms with Crippen LogP contribution in [0.4, 0.5) is 0 Å².